The summed E-state index contributed by atoms with van der Waals surface area (Å²) in [5.41, 5.74) is 0.323. The minimum atomic E-state index is -1.09. The first-order chi connectivity index (χ1) is 17.8. The lowest BCUT2D eigenvalue weighted by Gasteiger charge is -2.61. The molecule has 38 heavy (non-hydrogen) atoms. The van der Waals surface area contributed by atoms with Gasteiger partial charge in [-0.15, -0.1) is 0 Å². The number of rotatable bonds is 10. The zero-order valence-corrected chi connectivity index (χ0v) is 23.9. The fourth-order valence-electron chi connectivity index (χ4n) is 6.82. The maximum atomic E-state index is 12.8. The standard InChI is InChI=1S/C30H44O8/c1-10-18(4)11-12-29(8)19(5)14-25(34-9)30-23(27(35-20(6)31)38-28(30)36-21(7)32)15-22(16-24(29)30)37-26(33)13-17(2)3/h10,15,17,19,22,24-25,27-28H,1,4,11-14,16H2,2-3,5-9H3/t19-,22+,24+,25+,27+,28-,29-,30-/m1/s1. The van der Waals surface area contributed by atoms with E-state index in [4.69, 9.17) is 23.7 Å². The smallest absolute Gasteiger partial charge is 0.306 e. The SMILES string of the molecule is C=CC(=C)CC[C@]1(C)[C@H](C)C[C@H](OC)[C@@]23C(=C[C@H](OC(=O)CC(C)C)C[C@@H]12)[C@@H](OC(C)=O)O[C@H]3OC(C)=O. The van der Waals surface area contributed by atoms with E-state index in [9.17, 15) is 14.4 Å². The number of methoxy groups -OCH3 is 1. The zero-order chi connectivity index (χ0) is 28.4. The molecule has 1 spiro atoms. The number of hydrogen-bond acceptors (Lipinski definition) is 8. The molecular formula is C30H44O8. The van der Waals surface area contributed by atoms with Crippen molar-refractivity contribution >= 4 is 17.9 Å². The van der Waals surface area contributed by atoms with Gasteiger partial charge in [0, 0.05) is 33.0 Å². The molecule has 0 radical (unpaired) electrons. The second kappa shape index (κ2) is 11.7. The van der Waals surface area contributed by atoms with E-state index in [0.29, 0.717) is 24.8 Å². The summed E-state index contributed by atoms with van der Waals surface area (Å²) in [6, 6.07) is 0. The van der Waals surface area contributed by atoms with Crippen LogP contribution in [-0.2, 0) is 38.1 Å². The van der Waals surface area contributed by atoms with Crippen LogP contribution in [0.2, 0.25) is 0 Å². The van der Waals surface area contributed by atoms with E-state index in [0.717, 1.165) is 18.4 Å². The molecule has 8 atom stereocenters. The number of esters is 3. The van der Waals surface area contributed by atoms with Gasteiger partial charge in [-0.2, -0.15) is 0 Å². The molecule has 2 fully saturated rings. The third kappa shape index (κ3) is 5.62. The Morgan fingerprint density at radius 1 is 1.16 bits per heavy atom. The molecule has 212 valence electrons. The van der Waals surface area contributed by atoms with Gasteiger partial charge in [-0.1, -0.05) is 52.5 Å². The van der Waals surface area contributed by atoms with E-state index in [1.165, 1.54) is 13.8 Å². The van der Waals surface area contributed by atoms with Gasteiger partial charge in [0.05, 0.1) is 11.5 Å². The highest BCUT2D eigenvalue weighted by Gasteiger charge is 2.71. The third-order valence-electron chi connectivity index (χ3n) is 8.79. The monoisotopic (exact) mass is 532 g/mol. The van der Waals surface area contributed by atoms with Crippen LogP contribution in [0, 0.1) is 28.6 Å². The Labute approximate surface area is 226 Å². The summed E-state index contributed by atoms with van der Waals surface area (Å²) in [6.07, 6.45) is 3.50. The molecule has 0 aromatic rings. The first-order valence-corrected chi connectivity index (χ1v) is 13.5. The summed E-state index contributed by atoms with van der Waals surface area (Å²) in [5.74, 6) is -1.17. The van der Waals surface area contributed by atoms with Gasteiger partial charge in [-0.25, -0.2) is 0 Å². The number of carbonyl (C=O) groups excluding carboxylic acids is 3. The Bertz CT molecular complexity index is 983. The van der Waals surface area contributed by atoms with Crippen molar-refractivity contribution in [3.8, 4) is 0 Å². The molecule has 1 heterocycles. The molecule has 0 unspecified atom stereocenters. The summed E-state index contributed by atoms with van der Waals surface area (Å²) >= 11 is 0. The molecule has 0 aromatic heterocycles. The van der Waals surface area contributed by atoms with Crippen molar-refractivity contribution < 1.29 is 38.1 Å². The Hall–Kier alpha value is -2.45. The second-order valence-corrected chi connectivity index (χ2v) is 11.7. The highest BCUT2D eigenvalue weighted by atomic mass is 16.8. The van der Waals surface area contributed by atoms with E-state index < -0.39 is 36.0 Å². The zero-order valence-electron chi connectivity index (χ0n) is 23.9. The molecule has 0 N–H and O–H groups in total. The van der Waals surface area contributed by atoms with Crippen molar-refractivity contribution in [2.45, 2.75) is 98.4 Å². The number of carbonyl (C=O) groups is 3. The summed E-state index contributed by atoms with van der Waals surface area (Å²) < 4.78 is 29.7. The summed E-state index contributed by atoms with van der Waals surface area (Å²) in [6.45, 7) is 19.0. The molecule has 3 rings (SSSR count). The van der Waals surface area contributed by atoms with Crippen LogP contribution in [0.1, 0.15) is 73.6 Å². The second-order valence-electron chi connectivity index (χ2n) is 11.7. The van der Waals surface area contributed by atoms with Crippen molar-refractivity contribution in [2.75, 3.05) is 7.11 Å². The topological polar surface area (TPSA) is 97.4 Å². The highest BCUT2D eigenvalue weighted by Crippen LogP contribution is 2.68. The first kappa shape index (κ1) is 30.1. The Morgan fingerprint density at radius 3 is 2.37 bits per heavy atom. The van der Waals surface area contributed by atoms with Gasteiger partial charge in [0.15, 0.2) is 0 Å². The lowest BCUT2D eigenvalue weighted by molar-refractivity contribution is -0.257. The van der Waals surface area contributed by atoms with Crippen LogP contribution in [0.4, 0.5) is 0 Å². The largest absolute Gasteiger partial charge is 0.458 e. The van der Waals surface area contributed by atoms with E-state index in [1.54, 1.807) is 13.2 Å². The summed E-state index contributed by atoms with van der Waals surface area (Å²) in [7, 11) is 1.64. The van der Waals surface area contributed by atoms with Crippen LogP contribution in [0.5, 0.6) is 0 Å². The quantitative estimate of drug-likeness (QED) is 0.162. The maximum Gasteiger partial charge on any atom is 0.306 e. The van der Waals surface area contributed by atoms with Crippen molar-refractivity contribution in [1.29, 1.82) is 0 Å². The molecule has 1 saturated carbocycles. The molecule has 2 aliphatic carbocycles. The van der Waals surface area contributed by atoms with Crippen molar-refractivity contribution in [3.05, 3.63) is 36.5 Å². The van der Waals surface area contributed by atoms with E-state index in [-0.39, 0.29) is 35.2 Å². The minimum Gasteiger partial charge on any atom is -0.458 e. The molecule has 8 heteroatoms. The van der Waals surface area contributed by atoms with Gasteiger partial charge in [-0.3, -0.25) is 19.1 Å². The van der Waals surface area contributed by atoms with Crippen molar-refractivity contribution in [1.82, 2.24) is 0 Å². The van der Waals surface area contributed by atoms with Gasteiger partial charge in [0.2, 0.25) is 12.6 Å². The Kier molecular flexibility index (Phi) is 9.30. The normalized spacial score (nSPS) is 35.9. The fourth-order valence-corrected chi connectivity index (χ4v) is 6.82. The van der Waals surface area contributed by atoms with E-state index >= 15 is 0 Å². The van der Waals surface area contributed by atoms with E-state index in [2.05, 4.69) is 27.0 Å². The number of allylic oxidation sites excluding steroid dienone is 2. The van der Waals surface area contributed by atoms with Crippen LogP contribution in [-0.4, -0.2) is 49.8 Å². The third-order valence-corrected chi connectivity index (χ3v) is 8.79. The van der Waals surface area contributed by atoms with Crippen LogP contribution >= 0.6 is 0 Å². The molecule has 1 aliphatic heterocycles. The fraction of sp³-hybridized carbons (Fsp3) is 0.700. The molecule has 1 saturated heterocycles. The molecule has 3 aliphatic rings. The maximum absolute atomic E-state index is 12.8. The molecule has 0 aromatic carbocycles. The lowest BCUT2D eigenvalue weighted by Crippen LogP contribution is -2.63. The Balaban J connectivity index is 2.21. The van der Waals surface area contributed by atoms with Gasteiger partial charge in [0.1, 0.15) is 6.10 Å². The Morgan fingerprint density at radius 2 is 1.82 bits per heavy atom. The highest BCUT2D eigenvalue weighted by molar-refractivity contribution is 5.70. The van der Waals surface area contributed by atoms with Crippen molar-refractivity contribution in [2.24, 2.45) is 28.6 Å². The summed E-state index contributed by atoms with van der Waals surface area (Å²) in [4.78, 5) is 37.2. The molecule has 0 amide bonds. The first-order valence-electron chi connectivity index (χ1n) is 13.5. The number of ether oxygens (including phenoxy) is 5. The van der Waals surface area contributed by atoms with Crippen LogP contribution in [0.15, 0.2) is 36.5 Å². The van der Waals surface area contributed by atoms with Crippen molar-refractivity contribution in [3.63, 3.8) is 0 Å². The van der Waals surface area contributed by atoms with Crippen LogP contribution < -0.4 is 0 Å². The minimum absolute atomic E-state index is 0.151. The predicted molar refractivity (Wildman–Crippen MR) is 141 cm³/mol. The number of hydrogen-bond donors (Lipinski definition) is 0. The molecule has 8 nitrogen and oxygen atoms in total. The van der Waals surface area contributed by atoms with Crippen LogP contribution in [0.3, 0.4) is 0 Å². The van der Waals surface area contributed by atoms with Gasteiger partial charge in [-0.05, 0) is 54.9 Å². The lowest BCUT2D eigenvalue weighted by atomic mass is 9.45. The van der Waals surface area contributed by atoms with Gasteiger partial charge in [0.25, 0.3) is 0 Å². The van der Waals surface area contributed by atoms with Crippen LogP contribution in [0.25, 0.3) is 0 Å². The summed E-state index contributed by atoms with van der Waals surface area (Å²) in [5, 5.41) is 0. The van der Waals surface area contributed by atoms with E-state index in [1.807, 2.05) is 19.9 Å². The van der Waals surface area contributed by atoms with Gasteiger partial charge < -0.3 is 18.9 Å². The average molecular weight is 533 g/mol. The predicted octanol–water partition coefficient (Wildman–Crippen LogP) is 5.27. The molecular weight excluding hydrogens is 488 g/mol. The molecule has 0 bridgehead atoms. The average Bonchev–Trinajstić information content (AvgIpc) is 3.10. The van der Waals surface area contributed by atoms with Gasteiger partial charge >= 0.3 is 17.9 Å².